The summed E-state index contributed by atoms with van der Waals surface area (Å²) in [5.41, 5.74) is 0.719. The normalized spacial score (nSPS) is 11.7. The largest absolute Gasteiger partial charge is 0.489 e. The van der Waals surface area contributed by atoms with E-state index in [0.717, 1.165) is 16.1 Å². The summed E-state index contributed by atoms with van der Waals surface area (Å²) >= 11 is 0. The summed E-state index contributed by atoms with van der Waals surface area (Å²) in [4.78, 5) is 4.17. The molecular formula is C13H14F3N3O. The van der Waals surface area contributed by atoms with Crippen molar-refractivity contribution in [2.75, 3.05) is 0 Å². The molecule has 0 atom stereocenters. The predicted molar refractivity (Wildman–Crippen MR) is 66.3 cm³/mol. The van der Waals surface area contributed by atoms with Gasteiger partial charge in [0.05, 0.1) is 6.20 Å². The van der Waals surface area contributed by atoms with Gasteiger partial charge in [-0.1, -0.05) is 0 Å². The van der Waals surface area contributed by atoms with Crippen molar-refractivity contribution in [2.24, 2.45) is 7.05 Å². The van der Waals surface area contributed by atoms with Gasteiger partial charge in [-0.3, -0.25) is 9.67 Å². The van der Waals surface area contributed by atoms with Gasteiger partial charge in [-0.15, -0.1) is 0 Å². The highest BCUT2D eigenvalue weighted by Crippen LogP contribution is 2.32. The van der Waals surface area contributed by atoms with Gasteiger partial charge in [0, 0.05) is 36.1 Å². The predicted octanol–water partition coefficient (Wildman–Crippen LogP) is 3.03. The summed E-state index contributed by atoms with van der Waals surface area (Å²) in [6, 6.07) is 3.35. The van der Waals surface area contributed by atoms with Crippen LogP contribution in [0.15, 0.2) is 18.3 Å². The van der Waals surface area contributed by atoms with Gasteiger partial charge in [-0.05, 0) is 13.8 Å². The fourth-order valence-corrected chi connectivity index (χ4v) is 1.99. The first-order chi connectivity index (χ1) is 9.27. The molecule has 0 spiro atoms. The average Bonchev–Trinajstić information content (AvgIpc) is 2.66. The molecule has 4 nitrogen and oxygen atoms in total. The van der Waals surface area contributed by atoms with E-state index in [1.807, 2.05) is 0 Å². The summed E-state index contributed by atoms with van der Waals surface area (Å²) in [6.45, 7) is 3.40. The van der Waals surface area contributed by atoms with Gasteiger partial charge in [0.25, 0.3) is 0 Å². The lowest BCUT2D eigenvalue weighted by Crippen LogP contribution is -2.15. The molecule has 0 bridgehead atoms. The van der Waals surface area contributed by atoms with Crippen LogP contribution < -0.4 is 4.74 Å². The molecule has 2 aromatic rings. The summed E-state index contributed by atoms with van der Waals surface area (Å²) in [7, 11) is 1.26. The first-order valence-electron chi connectivity index (χ1n) is 5.93. The van der Waals surface area contributed by atoms with Gasteiger partial charge in [-0.25, -0.2) is 0 Å². The Balaban J connectivity index is 2.19. The van der Waals surface area contributed by atoms with E-state index in [9.17, 15) is 13.2 Å². The van der Waals surface area contributed by atoms with Crippen LogP contribution in [-0.4, -0.2) is 14.8 Å². The topological polar surface area (TPSA) is 39.9 Å². The van der Waals surface area contributed by atoms with E-state index in [4.69, 9.17) is 4.74 Å². The molecule has 20 heavy (non-hydrogen) atoms. The highest BCUT2D eigenvalue weighted by molar-refractivity contribution is 5.27. The third-order valence-corrected chi connectivity index (χ3v) is 2.73. The minimum Gasteiger partial charge on any atom is -0.489 e. The molecule has 0 unspecified atom stereocenters. The van der Waals surface area contributed by atoms with Crippen molar-refractivity contribution in [3.63, 3.8) is 0 Å². The highest BCUT2D eigenvalue weighted by Gasteiger charge is 2.37. The van der Waals surface area contributed by atoms with Crippen molar-refractivity contribution in [1.29, 1.82) is 0 Å². The number of nitrogens with zero attached hydrogens (tertiary/aromatic N) is 3. The first kappa shape index (κ1) is 14.4. The molecule has 0 aliphatic heterocycles. The molecule has 2 heterocycles. The minimum absolute atomic E-state index is 0.00659. The molecule has 0 saturated carbocycles. The molecule has 0 N–H and O–H groups in total. The molecule has 108 valence electrons. The molecular weight excluding hydrogens is 271 g/mol. The van der Waals surface area contributed by atoms with E-state index in [0.29, 0.717) is 5.75 Å². The molecule has 7 heteroatoms. The van der Waals surface area contributed by atoms with Crippen LogP contribution >= 0.6 is 0 Å². The Kier molecular flexibility index (Phi) is 3.69. The summed E-state index contributed by atoms with van der Waals surface area (Å²) in [5, 5.41) is 3.63. The summed E-state index contributed by atoms with van der Waals surface area (Å²) in [6.07, 6.45) is -3.28. The molecule has 0 saturated heterocycles. The van der Waals surface area contributed by atoms with Crippen LogP contribution in [0.1, 0.15) is 22.6 Å². The Morgan fingerprint density at radius 3 is 2.35 bits per heavy atom. The second-order valence-corrected chi connectivity index (χ2v) is 4.51. The maximum atomic E-state index is 12.9. The molecule has 0 fully saturated rings. The number of ether oxygens (including phenoxy) is 1. The van der Waals surface area contributed by atoms with Crippen molar-refractivity contribution in [3.8, 4) is 5.75 Å². The van der Waals surface area contributed by atoms with Crippen molar-refractivity contribution in [1.82, 2.24) is 14.8 Å². The highest BCUT2D eigenvalue weighted by atomic mass is 19.4. The summed E-state index contributed by atoms with van der Waals surface area (Å²) in [5.74, 6) is 0.493. The fourth-order valence-electron chi connectivity index (χ4n) is 1.99. The zero-order chi connectivity index (χ0) is 14.9. The van der Waals surface area contributed by atoms with Gasteiger partial charge in [-0.2, -0.15) is 18.3 Å². The maximum absolute atomic E-state index is 12.9. The molecule has 0 aliphatic carbocycles. The van der Waals surface area contributed by atoms with Crippen molar-refractivity contribution in [2.45, 2.75) is 26.6 Å². The lowest BCUT2D eigenvalue weighted by atomic mass is 10.2. The number of aromatic nitrogens is 3. The Morgan fingerprint density at radius 2 is 1.80 bits per heavy atom. The van der Waals surface area contributed by atoms with Crippen LogP contribution in [0.4, 0.5) is 13.2 Å². The third kappa shape index (κ3) is 3.09. The number of alkyl halides is 3. The molecule has 0 radical (unpaired) electrons. The van der Waals surface area contributed by atoms with Crippen LogP contribution in [0.3, 0.4) is 0 Å². The third-order valence-electron chi connectivity index (χ3n) is 2.73. The first-order valence-corrected chi connectivity index (χ1v) is 5.93. The number of rotatable bonds is 3. The van der Waals surface area contributed by atoms with Crippen molar-refractivity contribution in [3.05, 3.63) is 41.0 Å². The van der Waals surface area contributed by atoms with Gasteiger partial charge in [0.2, 0.25) is 0 Å². The number of hydrogen-bond acceptors (Lipinski definition) is 3. The zero-order valence-corrected chi connectivity index (χ0v) is 11.3. The Morgan fingerprint density at radius 1 is 1.20 bits per heavy atom. The van der Waals surface area contributed by atoms with Crippen LogP contribution in [0.5, 0.6) is 5.75 Å². The lowest BCUT2D eigenvalue weighted by molar-refractivity contribution is -0.144. The van der Waals surface area contributed by atoms with Crippen LogP contribution in [0, 0.1) is 13.8 Å². The minimum atomic E-state index is -4.45. The Hall–Kier alpha value is -2.05. The van der Waals surface area contributed by atoms with Gasteiger partial charge in [0.1, 0.15) is 18.1 Å². The Bertz CT molecular complexity index is 600. The summed E-state index contributed by atoms with van der Waals surface area (Å²) < 4.78 is 44.8. The van der Waals surface area contributed by atoms with Gasteiger partial charge >= 0.3 is 6.18 Å². The zero-order valence-electron chi connectivity index (χ0n) is 11.3. The van der Waals surface area contributed by atoms with E-state index in [2.05, 4.69) is 10.1 Å². The monoisotopic (exact) mass is 285 g/mol. The SMILES string of the molecule is Cc1cc(OCc2cnn(C)c2C(F)(F)F)cc(C)n1. The van der Waals surface area contributed by atoms with E-state index >= 15 is 0 Å². The number of pyridine rings is 1. The Labute approximate surface area is 114 Å². The van der Waals surface area contributed by atoms with Crippen LogP contribution in [-0.2, 0) is 19.8 Å². The molecule has 2 aromatic heterocycles. The van der Waals surface area contributed by atoms with E-state index in [-0.39, 0.29) is 12.2 Å². The fraction of sp³-hybridized carbons (Fsp3) is 0.385. The molecule has 0 aliphatic rings. The van der Waals surface area contributed by atoms with E-state index in [1.165, 1.54) is 13.2 Å². The van der Waals surface area contributed by atoms with Crippen molar-refractivity contribution < 1.29 is 17.9 Å². The van der Waals surface area contributed by atoms with Crippen LogP contribution in [0.2, 0.25) is 0 Å². The van der Waals surface area contributed by atoms with E-state index < -0.39 is 11.9 Å². The van der Waals surface area contributed by atoms with Crippen LogP contribution in [0.25, 0.3) is 0 Å². The smallest absolute Gasteiger partial charge is 0.433 e. The standard InChI is InChI=1S/C13H14F3N3O/c1-8-4-11(5-9(2)18-8)20-7-10-6-17-19(3)12(10)13(14,15)16/h4-6H,7H2,1-3H3. The second kappa shape index (κ2) is 5.15. The molecule has 0 aromatic carbocycles. The lowest BCUT2D eigenvalue weighted by Gasteiger charge is -2.11. The van der Waals surface area contributed by atoms with Gasteiger partial charge in [0.15, 0.2) is 0 Å². The average molecular weight is 285 g/mol. The molecule has 0 amide bonds. The second-order valence-electron chi connectivity index (χ2n) is 4.51. The number of halogens is 3. The van der Waals surface area contributed by atoms with E-state index in [1.54, 1.807) is 26.0 Å². The molecule has 2 rings (SSSR count). The maximum Gasteiger partial charge on any atom is 0.433 e. The van der Waals surface area contributed by atoms with Gasteiger partial charge < -0.3 is 4.74 Å². The quantitative estimate of drug-likeness (QED) is 0.870. The number of aryl methyl sites for hydroxylation is 3. The van der Waals surface area contributed by atoms with Crippen molar-refractivity contribution >= 4 is 0 Å². The number of hydrogen-bond donors (Lipinski definition) is 0.